The molecule has 0 heterocycles. The lowest BCUT2D eigenvalue weighted by Gasteiger charge is -2.27. The molecule has 7 nitrogen and oxygen atoms in total. The molecule has 0 saturated heterocycles. The van der Waals surface area contributed by atoms with Gasteiger partial charge in [0.05, 0.1) is 7.11 Å². The highest BCUT2D eigenvalue weighted by molar-refractivity contribution is 5.84. The number of aliphatic hydroxyl groups is 1. The highest BCUT2D eigenvalue weighted by atomic mass is 16.6. The number of aromatic hydroxyl groups is 1. The van der Waals surface area contributed by atoms with Crippen LogP contribution in [0.3, 0.4) is 0 Å². The van der Waals surface area contributed by atoms with E-state index in [9.17, 15) is 15.0 Å². The molecular formula is C20H25NO6. The second-order valence-electron chi connectivity index (χ2n) is 5.75. The Bertz CT molecular complexity index is 716. The van der Waals surface area contributed by atoms with Crippen LogP contribution in [0.2, 0.25) is 0 Å². The van der Waals surface area contributed by atoms with E-state index in [1.807, 2.05) is 13.0 Å². The molecule has 1 amide bonds. The largest absolute Gasteiger partial charge is 0.504 e. The zero-order valence-electron chi connectivity index (χ0n) is 15.4. The summed E-state index contributed by atoms with van der Waals surface area (Å²) in [5.74, 6) is 0.229. The number of ether oxygens (including phenoxy) is 3. The summed E-state index contributed by atoms with van der Waals surface area (Å²) in [5, 5.41) is 22.1. The van der Waals surface area contributed by atoms with E-state index in [2.05, 4.69) is 5.32 Å². The van der Waals surface area contributed by atoms with Crippen LogP contribution in [0.25, 0.3) is 0 Å². The molecular weight excluding hydrogens is 350 g/mol. The van der Waals surface area contributed by atoms with Crippen molar-refractivity contribution in [2.75, 3.05) is 25.6 Å². The number of phenols is 1. The fourth-order valence-corrected chi connectivity index (χ4v) is 2.69. The first-order valence-corrected chi connectivity index (χ1v) is 8.71. The fraction of sp³-hybridized carbons (Fsp3) is 0.350. The Hall–Kier alpha value is -2.77. The van der Waals surface area contributed by atoms with E-state index in [0.717, 1.165) is 0 Å². The highest BCUT2D eigenvalue weighted by Crippen LogP contribution is 2.33. The number of rotatable bonds is 9. The van der Waals surface area contributed by atoms with Crippen LogP contribution in [0.1, 0.15) is 25.0 Å². The first-order valence-electron chi connectivity index (χ1n) is 8.71. The Morgan fingerprint density at radius 1 is 1.19 bits per heavy atom. The molecule has 0 unspecified atom stereocenters. The van der Waals surface area contributed by atoms with Gasteiger partial charge >= 0.3 is 6.09 Å². The molecule has 0 bridgehead atoms. The molecule has 3 N–H and O–H groups in total. The Kier molecular flexibility index (Phi) is 7.91. The normalized spacial score (nSPS) is 12.9. The first kappa shape index (κ1) is 20.5. The van der Waals surface area contributed by atoms with E-state index in [0.29, 0.717) is 23.6 Å². The average molecular weight is 375 g/mol. The van der Waals surface area contributed by atoms with Crippen LogP contribution < -0.4 is 10.1 Å². The van der Waals surface area contributed by atoms with Crippen molar-refractivity contribution in [2.24, 2.45) is 0 Å². The summed E-state index contributed by atoms with van der Waals surface area (Å²) in [4.78, 5) is 12.4. The standard InChI is InChI=1S/C20H25NO6/c1-3-26-18(11-12-22)19(14-9-10-17(25-2)16(23)13-14)27-20(24)21-15-7-5-4-6-8-15/h4-10,13,18-19,22-23H,3,11-12H2,1-2H3,(H,21,24)/t18-,19-/m0/s1. The van der Waals surface area contributed by atoms with Gasteiger partial charge in [0.2, 0.25) is 0 Å². The van der Waals surface area contributed by atoms with Gasteiger partial charge in [-0.2, -0.15) is 0 Å². The van der Waals surface area contributed by atoms with Crippen LogP contribution in [0.15, 0.2) is 48.5 Å². The van der Waals surface area contributed by atoms with Crippen LogP contribution in [0.5, 0.6) is 11.5 Å². The van der Waals surface area contributed by atoms with Crippen molar-refractivity contribution < 1.29 is 29.2 Å². The third kappa shape index (κ3) is 5.87. The predicted molar refractivity (Wildman–Crippen MR) is 101 cm³/mol. The van der Waals surface area contributed by atoms with Gasteiger partial charge in [0.15, 0.2) is 17.6 Å². The Morgan fingerprint density at radius 3 is 2.52 bits per heavy atom. The molecule has 2 rings (SSSR count). The summed E-state index contributed by atoms with van der Waals surface area (Å²) in [7, 11) is 1.45. The molecule has 0 saturated carbocycles. The van der Waals surface area contributed by atoms with Gasteiger partial charge in [-0.1, -0.05) is 24.3 Å². The quantitative estimate of drug-likeness (QED) is 0.621. The van der Waals surface area contributed by atoms with Crippen LogP contribution in [0, 0.1) is 0 Å². The zero-order valence-corrected chi connectivity index (χ0v) is 15.4. The van der Waals surface area contributed by atoms with E-state index in [1.54, 1.807) is 36.4 Å². The van der Waals surface area contributed by atoms with Gasteiger partial charge in [0.1, 0.15) is 6.10 Å². The van der Waals surface area contributed by atoms with Crippen LogP contribution >= 0.6 is 0 Å². The van der Waals surface area contributed by atoms with E-state index in [1.165, 1.54) is 13.2 Å². The number of methoxy groups -OCH3 is 1. The van der Waals surface area contributed by atoms with Crippen molar-refractivity contribution >= 4 is 11.8 Å². The lowest BCUT2D eigenvalue weighted by molar-refractivity contribution is -0.0484. The zero-order chi connectivity index (χ0) is 19.6. The van der Waals surface area contributed by atoms with Crippen molar-refractivity contribution in [1.29, 1.82) is 0 Å². The summed E-state index contributed by atoms with van der Waals surface area (Å²) >= 11 is 0. The van der Waals surface area contributed by atoms with E-state index in [-0.39, 0.29) is 18.8 Å². The predicted octanol–water partition coefficient (Wildman–Crippen LogP) is 3.48. The third-order valence-corrected chi connectivity index (χ3v) is 3.92. The molecule has 27 heavy (non-hydrogen) atoms. The number of hydrogen-bond acceptors (Lipinski definition) is 6. The number of carbonyl (C=O) groups is 1. The molecule has 0 spiro atoms. The van der Waals surface area contributed by atoms with Gasteiger partial charge < -0.3 is 24.4 Å². The van der Waals surface area contributed by atoms with E-state index < -0.39 is 18.3 Å². The van der Waals surface area contributed by atoms with Crippen LogP contribution in [-0.2, 0) is 9.47 Å². The molecule has 2 aromatic carbocycles. The Morgan fingerprint density at radius 2 is 1.93 bits per heavy atom. The highest BCUT2D eigenvalue weighted by Gasteiger charge is 2.28. The molecule has 2 atom stereocenters. The van der Waals surface area contributed by atoms with Gasteiger partial charge in [-0.05, 0) is 36.8 Å². The van der Waals surface area contributed by atoms with Gasteiger partial charge in [0.25, 0.3) is 0 Å². The minimum absolute atomic E-state index is 0.0775. The van der Waals surface area contributed by atoms with Crippen LogP contribution in [-0.4, -0.2) is 42.7 Å². The lowest BCUT2D eigenvalue weighted by Crippen LogP contribution is -2.29. The molecule has 146 valence electrons. The van der Waals surface area contributed by atoms with Crippen molar-refractivity contribution in [1.82, 2.24) is 0 Å². The van der Waals surface area contributed by atoms with Gasteiger partial charge in [-0.15, -0.1) is 0 Å². The SMILES string of the molecule is CCO[C@@H](CCO)[C@@H](OC(=O)Nc1ccccc1)c1ccc(OC)c(O)c1. The minimum Gasteiger partial charge on any atom is -0.504 e. The summed E-state index contributed by atoms with van der Waals surface area (Å²) in [6, 6.07) is 13.6. The monoisotopic (exact) mass is 375 g/mol. The van der Waals surface area contributed by atoms with Crippen molar-refractivity contribution in [2.45, 2.75) is 25.6 Å². The van der Waals surface area contributed by atoms with Crippen molar-refractivity contribution in [3.63, 3.8) is 0 Å². The van der Waals surface area contributed by atoms with Gasteiger partial charge in [0, 0.05) is 25.3 Å². The maximum atomic E-state index is 12.4. The average Bonchev–Trinajstić information content (AvgIpc) is 2.67. The number of nitrogens with one attached hydrogen (secondary N) is 1. The molecule has 0 aliphatic carbocycles. The minimum atomic E-state index is -0.822. The number of anilines is 1. The molecule has 2 aromatic rings. The Labute approximate surface area is 158 Å². The third-order valence-electron chi connectivity index (χ3n) is 3.92. The summed E-state index contributed by atoms with van der Waals surface area (Å²) in [6.07, 6.45) is -1.79. The summed E-state index contributed by atoms with van der Waals surface area (Å²) in [6.45, 7) is 2.07. The first-order chi connectivity index (χ1) is 13.1. The number of phenolic OH excluding ortho intramolecular Hbond substituents is 1. The maximum Gasteiger partial charge on any atom is 0.412 e. The molecule has 0 aliphatic rings. The van der Waals surface area contributed by atoms with E-state index >= 15 is 0 Å². The number of aliphatic hydroxyl groups excluding tert-OH is 1. The second kappa shape index (κ2) is 10.4. The topological polar surface area (TPSA) is 97.2 Å². The van der Waals surface area contributed by atoms with Crippen molar-refractivity contribution in [3.8, 4) is 11.5 Å². The van der Waals surface area contributed by atoms with Crippen molar-refractivity contribution in [3.05, 3.63) is 54.1 Å². The lowest BCUT2D eigenvalue weighted by atomic mass is 10.0. The summed E-state index contributed by atoms with van der Waals surface area (Å²) in [5.41, 5.74) is 1.12. The number of amides is 1. The second-order valence-corrected chi connectivity index (χ2v) is 5.75. The molecule has 0 aromatic heterocycles. The summed E-state index contributed by atoms with van der Waals surface area (Å²) < 4.78 is 16.3. The number of carbonyl (C=O) groups excluding carboxylic acids is 1. The van der Waals surface area contributed by atoms with Gasteiger partial charge in [-0.3, -0.25) is 5.32 Å². The van der Waals surface area contributed by atoms with E-state index in [4.69, 9.17) is 14.2 Å². The van der Waals surface area contributed by atoms with Crippen LogP contribution in [0.4, 0.5) is 10.5 Å². The number of hydrogen-bond donors (Lipinski definition) is 3. The maximum absolute atomic E-state index is 12.4. The fourth-order valence-electron chi connectivity index (χ4n) is 2.69. The number of para-hydroxylation sites is 1. The smallest absolute Gasteiger partial charge is 0.412 e. The Balaban J connectivity index is 2.25. The molecule has 0 aliphatic heterocycles. The number of benzene rings is 2. The molecule has 7 heteroatoms. The molecule has 0 radical (unpaired) electrons. The molecule has 0 fully saturated rings. The van der Waals surface area contributed by atoms with Gasteiger partial charge in [-0.25, -0.2) is 4.79 Å².